The van der Waals surface area contributed by atoms with E-state index in [4.69, 9.17) is 0 Å². The summed E-state index contributed by atoms with van der Waals surface area (Å²) >= 11 is 0. The Labute approximate surface area is 391 Å². The van der Waals surface area contributed by atoms with E-state index in [-0.39, 0.29) is 33.8 Å². The van der Waals surface area contributed by atoms with Crippen molar-refractivity contribution in [2.24, 2.45) is 0 Å². The first-order valence-electron chi connectivity index (χ1n) is 23.9. The van der Waals surface area contributed by atoms with Gasteiger partial charge in [0.05, 0.1) is 5.69 Å². The Morgan fingerprint density at radius 2 is 0.692 bits per heavy atom. The minimum absolute atomic E-state index is 0.00449. The maximum atomic E-state index is 2.65. The lowest BCUT2D eigenvalue weighted by atomic mass is 9.33. The zero-order chi connectivity index (χ0) is 46.6. The Morgan fingerprint density at radius 3 is 1.14 bits per heavy atom. The summed E-state index contributed by atoms with van der Waals surface area (Å²) in [7, 11) is 0. The quantitative estimate of drug-likeness (QED) is 0.163. The van der Waals surface area contributed by atoms with E-state index in [1.165, 1.54) is 101 Å². The number of fused-ring (bicyclic) bond motifs is 4. The number of nitrogens with zero attached hydrogens (tertiary/aromatic N) is 2. The van der Waals surface area contributed by atoms with Crippen LogP contribution in [0.4, 0.5) is 34.1 Å². The summed E-state index contributed by atoms with van der Waals surface area (Å²) in [4.78, 5) is 5.20. The van der Waals surface area contributed by atoms with Crippen LogP contribution in [-0.4, -0.2) is 6.71 Å². The first-order valence-corrected chi connectivity index (χ1v) is 23.9. The summed E-state index contributed by atoms with van der Waals surface area (Å²) in [5, 5.41) is 0. The van der Waals surface area contributed by atoms with Gasteiger partial charge in [0, 0.05) is 39.6 Å². The zero-order valence-corrected chi connectivity index (χ0v) is 41.8. The summed E-state index contributed by atoms with van der Waals surface area (Å²) < 4.78 is 0. The number of rotatable bonds is 4. The van der Waals surface area contributed by atoms with Crippen molar-refractivity contribution in [2.75, 3.05) is 9.80 Å². The lowest BCUT2D eigenvalue weighted by Crippen LogP contribution is -2.61. The molecule has 2 heterocycles. The van der Waals surface area contributed by atoms with E-state index in [1.54, 1.807) is 0 Å². The molecule has 330 valence electrons. The standard InChI is InChI=1S/C62H69BN2/c1-58(2,3)42-28-32-47(33-29-42)64-52-34-30-45(61(10,11)12)38-50(52)63-51-39-46(62(13,14)15)31-35-53(51)65(55-27-19-26-54(64)56(55)63)57-48(40-20-16-22-43(36-40)59(4,5)6)24-18-25-49(57)41-21-17-23-44(37-41)60(7,8)9/h16-39H,1-15H3. The van der Waals surface area contributed by atoms with Crippen LogP contribution in [-0.2, 0) is 27.1 Å². The van der Waals surface area contributed by atoms with Gasteiger partial charge < -0.3 is 9.80 Å². The fraction of sp³-hybridized carbons (Fsp3) is 0.323. The third-order valence-corrected chi connectivity index (χ3v) is 14.1. The van der Waals surface area contributed by atoms with Gasteiger partial charge in [-0.15, -0.1) is 0 Å². The Hall–Kier alpha value is -5.80. The van der Waals surface area contributed by atoms with Crippen LogP contribution < -0.4 is 26.2 Å². The van der Waals surface area contributed by atoms with E-state index in [2.05, 4.69) is 259 Å². The molecular formula is C62H69BN2. The molecule has 0 saturated heterocycles. The molecule has 0 N–H and O–H groups in total. The maximum Gasteiger partial charge on any atom is 0.252 e. The van der Waals surface area contributed by atoms with Crippen LogP contribution in [0.1, 0.15) is 132 Å². The van der Waals surface area contributed by atoms with Crippen molar-refractivity contribution in [3.8, 4) is 22.3 Å². The summed E-state index contributed by atoms with van der Waals surface area (Å²) in [6, 6.07) is 56.6. The van der Waals surface area contributed by atoms with Crippen molar-refractivity contribution in [1.29, 1.82) is 0 Å². The molecule has 0 unspecified atom stereocenters. The average molecular weight is 853 g/mol. The highest BCUT2D eigenvalue weighted by Crippen LogP contribution is 2.51. The Balaban J connectivity index is 1.42. The lowest BCUT2D eigenvalue weighted by molar-refractivity contribution is 0.590. The molecule has 0 aromatic heterocycles. The first-order chi connectivity index (χ1) is 30.4. The van der Waals surface area contributed by atoms with Crippen molar-refractivity contribution in [3.63, 3.8) is 0 Å². The van der Waals surface area contributed by atoms with Gasteiger partial charge in [-0.3, -0.25) is 0 Å². The molecule has 0 bridgehead atoms. The SMILES string of the molecule is CC(C)(C)c1ccc(N2c3ccc(C(C)(C)C)cc3B3c4cc(C(C)(C)C)ccc4N(c4c(-c5cccc(C(C)(C)C)c5)cccc4-c4cccc(C(C)(C)C)c4)c4cccc2c43)cc1. The van der Waals surface area contributed by atoms with E-state index < -0.39 is 0 Å². The molecule has 2 aliphatic rings. The zero-order valence-electron chi connectivity index (χ0n) is 41.8. The monoisotopic (exact) mass is 853 g/mol. The smallest absolute Gasteiger partial charge is 0.252 e. The van der Waals surface area contributed by atoms with Crippen LogP contribution in [0.15, 0.2) is 146 Å². The number of anilines is 6. The van der Waals surface area contributed by atoms with Crippen molar-refractivity contribution in [1.82, 2.24) is 0 Å². The molecule has 0 aliphatic carbocycles. The van der Waals surface area contributed by atoms with Crippen molar-refractivity contribution in [3.05, 3.63) is 173 Å². The van der Waals surface area contributed by atoms with Gasteiger partial charge in [-0.1, -0.05) is 213 Å². The highest BCUT2D eigenvalue weighted by molar-refractivity contribution is 7.00. The molecule has 7 aromatic rings. The molecule has 0 atom stereocenters. The summed E-state index contributed by atoms with van der Waals surface area (Å²) in [6.45, 7) is 34.9. The molecule has 2 nitrogen and oxygen atoms in total. The van der Waals surface area contributed by atoms with Crippen molar-refractivity contribution < 1.29 is 0 Å². The molecule has 3 heteroatoms. The van der Waals surface area contributed by atoms with Gasteiger partial charge in [0.2, 0.25) is 0 Å². The van der Waals surface area contributed by atoms with Crippen LogP contribution in [0, 0.1) is 0 Å². The molecule has 65 heavy (non-hydrogen) atoms. The van der Waals surface area contributed by atoms with Gasteiger partial charge in [0.1, 0.15) is 0 Å². The second-order valence-corrected chi connectivity index (χ2v) is 24.0. The number of hydrogen-bond acceptors (Lipinski definition) is 2. The van der Waals surface area contributed by atoms with Crippen molar-refractivity contribution >= 4 is 57.2 Å². The third kappa shape index (κ3) is 7.94. The summed E-state index contributed by atoms with van der Waals surface area (Å²) in [5.74, 6) is 0. The predicted octanol–water partition coefficient (Wildman–Crippen LogP) is 15.6. The fourth-order valence-corrected chi connectivity index (χ4v) is 10.1. The molecule has 7 aromatic carbocycles. The first kappa shape index (κ1) is 44.4. The molecule has 0 fully saturated rings. The van der Waals surface area contributed by atoms with Crippen LogP contribution in [0.2, 0.25) is 0 Å². The van der Waals surface area contributed by atoms with E-state index in [9.17, 15) is 0 Å². The second-order valence-electron chi connectivity index (χ2n) is 24.0. The second kappa shape index (κ2) is 15.4. The summed E-state index contributed by atoms with van der Waals surface area (Å²) in [5.41, 5.74) is 22.9. The maximum absolute atomic E-state index is 2.65. The van der Waals surface area contributed by atoms with Gasteiger partial charge in [-0.2, -0.15) is 0 Å². The largest absolute Gasteiger partial charge is 0.311 e. The number of benzene rings is 7. The Bertz CT molecular complexity index is 2880. The van der Waals surface area contributed by atoms with Crippen molar-refractivity contribution in [2.45, 2.75) is 131 Å². The van der Waals surface area contributed by atoms with E-state index in [1.807, 2.05) is 0 Å². The fourth-order valence-electron chi connectivity index (χ4n) is 10.1. The van der Waals surface area contributed by atoms with E-state index >= 15 is 0 Å². The molecule has 2 aliphatic heterocycles. The van der Waals surface area contributed by atoms with Gasteiger partial charge >= 0.3 is 0 Å². The van der Waals surface area contributed by atoms with E-state index in [0.717, 1.165) is 0 Å². The summed E-state index contributed by atoms with van der Waals surface area (Å²) in [6.07, 6.45) is 0. The van der Waals surface area contributed by atoms with Crippen LogP contribution in [0.3, 0.4) is 0 Å². The molecule has 9 rings (SSSR count). The molecule has 0 saturated carbocycles. The highest BCUT2D eigenvalue weighted by atomic mass is 15.2. The van der Waals surface area contributed by atoms with Gasteiger partial charge in [-0.05, 0) is 119 Å². The number of para-hydroxylation sites is 1. The van der Waals surface area contributed by atoms with Gasteiger partial charge in [0.15, 0.2) is 0 Å². The predicted molar refractivity (Wildman–Crippen MR) is 285 cm³/mol. The lowest BCUT2D eigenvalue weighted by Gasteiger charge is -2.45. The van der Waals surface area contributed by atoms with Crippen LogP contribution in [0.25, 0.3) is 22.3 Å². The Morgan fingerprint density at radius 1 is 0.323 bits per heavy atom. The molecule has 0 spiro atoms. The topological polar surface area (TPSA) is 6.48 Å². The highest BCUT2D eigenvalue weighted by Gasteiger charge is 2.45. The molecule has 0 radical (unpaired) electrons. The average Bonchev–Trinajstić information content (AvgIpc) is 3.24. The normalized spacial score (nSPS) is 14.0. The minimum Gasteiger partial charge on any atom is -0.311 e. The van der Waals surface area contributed by atoms with Gasteiger partial charge in [-0.25, -0.2) is 0 Å². The molecular weight excluding hydrogens is 784 g/mol. The van der Waals surface area contributed by atoms with E-state index in [0.29, 0.717) is 0 Å². The number of hydrogen-bond donors (Lipinski definition) is 0. The van der Waals surface area contributed by atoms with Crippen LogP contribution in [0.5, 0.6) is 0 Å². The third-order valence-electron chi connectivity index (χ3n) is 14.1. The Kier molecular flexibility index (Phi) is 10.5. The van der Waals surface area contributed by atoms with Crippen LogP contribution >= 0.6 is 0 Å². The molecule has 0 amide bonds. The van der Waals surface area contributed by atoms with Gasteiger partial charge in [0.25, 0.3) is 6.71 Å². The minimum atomic E-state index is -0.0465.